The molecule has 0 aromatic carbocycles. The van der Waals surface area contributed by atoms with Gasteiger partial charge in [0.2, 0.25) is 0 Å². The predicted molar refractivity (Wildman–Crippen MR) is 80.5 cm³/mol. The van der Waals surface area contributed by atoms with E-state index < -0.39 is 0 Å². The molecule has 0 radical (unpaired) electrons. The third-order valence-corrected chi connectivity index (χ3v) is 3.67. The first kappa shape index (κ1) is 15.6. The van der Waals surface area contributed by atoms with Gasteiger partial charge in [-0.1, -0.05) is 5.16 Å². The van der Waals surface area contributed by atoms with Crippen LogP contribution in [0.3, 0.4) is 0 Å². The third kappa shape index (κ3) is 4.11. The zero-order chi connectivity index (χ0) is 16.1. The largest absolute Gasteiger partial charge is 0.379 e. The van der Waals surface area contributed by atoms with Crippen LogP contribution in [0, 0.1) is 0 Å². The molecule has 23 heavy (non-hydrogen) atoms. The van der Waals surface area contributed by atoms with Crippen LogP contribution >= 0.6 is 0 Å². The summed E-state index contributed by atoms with van der Waals surface area (Å²) < 4.78 is 10.6. The molecule has 0 spiro atoms. The zero-order valence-electron chi connectivity index (χ0n) is 12.9. The quantitative estimate of drug-likeness (QED) is 0.871. The van der Waals surface area contributed by atoms with E-state index in [1.165, 1.54) is 6.33 Å². The van der Waals surface area contributed by atoms with E-state index in [-0.39, 0.29) is 17.6 Å². The average Bonchev–Trinajstić information content (AvgIpc) is 3.05. The summed E-state index contributed by atoms with van der Waals surface area (Å²) in [6.45, 7) is 5.63. The van der Waals surface area contributed by atoms with Gasteiger partial charge in [-0.05, 0) is 13.0 Å². The number of nitrogens with zero attached hydrogens (tertiary/aromatic N) is 4. The van der Waals surface area contributed by atoms with Crippen molar-refractivity contribution in [3.8, 4) is 0 Å². The van der Waals surface area contributed by atoms with Gasteiger partial charge in [0.1, 0.15) is 6.33 Å². The summed E-state index contributed by atoms with van der Waals surface area (Å²) in [7, 11) is 0. The second-order valence-corrected chi connectivity index (χ2v) is 5.40. The summed E-state index contributed by atoms with van der Waals surface area (Å²) in [6.07, 6.45) is 3.09. The van der Waals surface area contributed by atoms with Crippen LogP contribution in [0.25, 0.3) is 0 Å². The van der Waals surface area contributed by atoms with Crippen molar-refractivity contribution in [2.75, 3.05) is 26.3 Å². The Hall–Kier alpha value is -2.32. The lowest BCUT2D eigenvalue weighted by Crippen LogP contribution is -2.35. The lowest BCUT2D eigenvalue weighted by atomic mass is 10.2. The van der Waals surface area contributed by atoms with Gasteiger partial charge in [-0.2, -0.15) is 0 Å². The van der Waals surface area contributed by atoms with Gasteiger partial charge in [0.25, 0.3) is 5.91 Å². The maximum atomic E-state index is 12.2. The van der Waals surface area contributed by atoms with Gasteiger partial charge in [0, 0.05) is 25.4 Å². The second-order valence-electron chi connectivity index (χ2n) is 5.40. The summed E-state index contributed by atoms with van der Waals surface area (Å²) in [5.74, 6) is 0.389. The Balaban J connectivity index is 1.57. The average molecular weight is 317 g/mol. The lowest BCUT2D eigenvalue weighted by molar-refractivity contribution is 0.0305. The van der Waals surface area contributed by atoms with Gasteiger partial charge in [-0.3, -0.25) is 9.69 Å². The van der Waals surface area contributed by atoms with Crippen LogP contribution in [0.1, 0.15) is 34.9 Å². The fourth-order valence-corrected chi connectivity index (χ4v) is 2.38. The number of rotatable bonds is 5. The van der Waals surface area contributed by atoms with E-state index in [1.54, 1.807) is 18.3 Å². The second kappa shape index (κ2) is 7.30. The number of ether oxygens (including phenoxy) is 1. The van der Waals surface area contributed by atoms with E-state index in [9.17, 15) is 4.79 Å². The van der Waals surface area contributed by atoms with Crippen LogP contribution in [-0.2, 0) is 11.3 Å². The number of carbonyl (C=O) groups excluding carboxylic acids is 1. The van der Waals surface area contributed by atoms with Gasteiger partial charge in [-0.15, -0.1) is 0 Å². The molecular formula is C15H19N5O3. The summed E-state index contributed by atoms with van der Waals surface area (Å²) in [5, 5.41) is 6.69. The SMILES string of the molecule is C[C@H](NC(=O)c1cc(CN2CCOCC2)on1)c1ccncn1. The first-order valence-corrected chi connectivity index (χ1v) is 7.55. The normalized spacial score (nSPS) is 16.9. The molecule has 8 nitrogen and oxygen atoms in total. The van der Waals surface area contributed by atoms with Crippen molar-refractivity contribution >= 4 is 5.91 Å². The van der Waals surface area contributed by atoms with E-state index in [4.69, 9.17) is 9.26 Å². The Morgan fingerprint density at radius 3 is 3.00 bits per heavy atom. The summed E-state index contributed by atoms with van der Waals surface area (Å²) >= 11 is 0. The van der Waals surface area contributed by atoms with Gasteiger partial charge in [0.05, 0.1) is 31.5 Å². The Morgan fingerprint density at radius 1 is 1.43 bits per heavy atom. The number of morpholine rings is 1. The molecule has 1 aliphatic heterocycles. The summed E-state index contributed by atoms with van der Waals surface area (Å²) in [4.78, 5) is 22.4. The van der Waals surface area contributed by atoms with Gasteiger partial charge >= 0.3 is 0 Å². The van der Waals surface area contributed by atoms with E-state index >= 15 is 0 Å². The fourth-order valence-electron chi connectivity index (χ4n) is 2.38. The number of aromatic nitrogens is 3. The lowest BCUT2D eigenvalue weighted by Gasteiger charge is -2.25. The van der Waals surface area contributed by atoms with Crippen molar-refractivity contribution in [3.63, 3.8) is 0 Å². The molecule has 2 aromatic heterocycles. The summed E-state index contributed by atoms with van der Waals surface area (Å²) in [6, 6.07) is 3.21. The maximum Gasteiger partial charge on any atom is 0.273 e. The van der Waals surface area contributed by atoms with E-state index in [0.29, 0.717) is 12.3 Å². The minimum absolute atomic E-state index is 0.232. The van der Waals surface area contributed by atoms with Gasteiger partial charge in [-0.25, -0.2) is 9.97 Å². The smallest absolute Gasteiger partial charge is 0.273 e. The molecule has 1 aliphatic rings. The molecule has 8 heteroatoms. The molecular weight excluding hydrogens is 298 g/mol. The van der Waals surface area contributed by atoms with E-state index in [1.807, 2.05) is 6.92 Å². The molecule has 1 atom stereocenters. The van der Waals surface area contributed by atoms with Crippen molar-refractivity contribution in [3.05, 3.63) is 41.8 Å². The topological polar surface area (TPSA) is 93.4 Å². The molecule has 1 N–H and O–H groups in total. The van der Waals surface area contributed by atoms with Crippen LogP contribution in [0.4, 0.5) is 0 Å². The highest BCUT2D eigenvalue weighted by Gasteiger charge is 2.18. The molecule has 1 saturated heterocycles. The number of nitrogens with one attached hydrogen (secondary N) is 1. The maximum absolute atomic E-state index is 12.2. The van der Waals surface area contributed by atoms with Crippen molar-refractivity contribution < 1.29 is 14.1 Å². The van der Waals surface area contributed by atoms with Crippen LogP contribution in [0.15, 0.2) is 29.2 Å². The zero-order valence-corrected chi connectivity index (χ0v) is 12.9. The monoisotopic (exact) mass is 317 g/mol. The molecule has 0 aliphatic carbocycles. The third-order valence-electron chi connectivity index (χ3n) is 3.67. The molecule has 0 saturated carbocycles. The number of hydrogen-bond acceptors (Lipinski definition) is 7. The number of hydrogen-bond donors (Lipinski definition) is 1. The first-order valence-electron chi connectivity index (χ1n) is 7.55. The Bertz CT molecular complexity index is 640. The van der Waals surface area contributed by atoms with E-state index in [2.05, 4.69) is 25.3 Å². The molecule has 3 rings (SSSR count). The van der Waals surface area contributed by atoms with Crippen molar-refractivity contribution in [1.82, 2.24) is 25.3 Å². The number of amides is 1. The van der Waals surface area contributed by atoms with Gasteiger partial charge in [0.15, 0.2) is 11.5 Å². The molecule has 1 amide bonds. The minimum atomic E-state index is -0.284. The van der Waals surface area contributed by atoms with Crippen LogP contribution in [0.2, 0.25) is 0 Å². The highest BCUT2D eigenvalue weighted by Crippen LogP contribution is 2.12. The van der Waals surface area contributed by atoms with Crippen LogP contribution < -0.4 is 5.32 Å². The Labute approximate surface area is 133 Å². The number of carbonyl (C=O) groups is 1. The summed E-state index contributed by atoms with van der Waals surface area (Å²) in [5.41, 5.74) is 1.01. The highest BCUT2D eigenvalue weighted by molar-refractivity contribution is 5.92. The Kier molecular flexibility index (Phi) is 4.94. The molecule has 0 unspecified atom stereocenters. The highest BCUT2D eigenvalue weighted by atomic mass is 16.5. The fraction of sp³-hybridized carbons (Fsp3) is 0.467. The van der Waals surface area contributed by atoms with Crippen LogP contribution in [0.5, 0.6) is 0 Å². The first-order chi connectivity index (χ1) is 11.2. The van der Waals surface area contributed by atoms with Crippen molar-refractivity contribution in [2.45, 2.75) is 19.5 Å². The molecule has 122 valence electrons. The van der Waals surface area contributed by atoms with Gasteiger partial charge < -0.3 is 14.6 Å². The predicted octanol–water partition coefficient (Wildman–Crippen LogP) is 0.788. The van der Waals surface area contributed by atoms with E-state index in [0.717, 1.165) is 32.0 Å². The molecule has 0 bridgehead atoms. The van der Waals surface area contributed by atoms with Crippen LogP contribution in [-0.4, -0.2) is 52.2 Å². The minimum Gasteiger partial charge on any atom is -0.379 e. The molecule has 1 fully saturated rings. The van der Waals surface area contributed by atoms with Crippen molar-refractivity contribution in [1.29, 1.82) is 0 Å². The van der Waals surface area contributed by atoms with Crippen molar-refractivity contribution in [2.24, 2.45) is 0 Å². The standard InChI is InChI=1S/C15H19N5O3/c1-11(13-2-3-16-10-17-13)18-15(21)14-8-12(23-19-14)9-20-4-6-22-7-5-20/h2-3,8,10-11H,4-7,9H2,1H3,(H,18,21)/t11-/m0/s1. The molecule has 3 heterocycles. The Morgan fingerprint density at radius 2 is 2.26 bits per heavy atom. The molecule has 2 aromatic rings.